The quantitative estimate of drug-likeness (QED) is 0.275. The van der Waals surface area contributed by atoms with Crippen LogP contribution in [0.5, 0.6) is 0 Å². The fourth-order valence-corrected chi connectivity index (χ4v) is 1.00. The Morgan fingerprint density at radius 1 is 1.38 bits per heavy atom. The number of hydrogen-bond acceptors (Lipinski definition) is 4. The van der Waals surface area contributed by atoms with E-state index in [-0.39, 0.29) is 17.2 Å². The molecule has 0 aliphatic carbocycles. The van der Waals surface area contributed by atoms with Gasteiger partial charge in [0.2, 0.25) is 5.96 Å². The first kappa shape index (κ1) is 11.4. The Labute approximate surface area is 90.1 Å². The van der Waals surface area contributed by atoms with Gasteiger partial charge in [-0.05, 0) is 6.07 Å². The van der Waals surface area contributed by atoms with E-state index in [4.69, 9.17) is 11.5 Å². The van der Waals surface area contributed by atoms with Crippen LogP contribution in [0, 0.1) is 10.1 Å². The van der Waals surface area contributed by atoms with E-state index in [1.807, 2.05) is 5.43 Å². The number of para-hydroxylation sites is 1. The van der Waals surface area contributed by atoms with E-state index < -0.39 is 10.8 Å². The monoisotopic (exact) mass is 223 g/mol. The zero-order chi connectivity index (χ0) is 12.1. The molecule has 0 aliphatic heterocycles. The zero-order valence-electron chi connectivity index (χ0n) is 8.08. The maximum Gasteiger partial charge on any atom is 0.282 e. The molecule has 0 bridgehead atoms. The highest BCUT2D eigenvalue weighted by Crippen LogP contribution is 2.16. The molecule has 0 saturated heterocycles. The molecular formula is C8H9N5O3. The molecule has 1 amide bonds. The van der Waals surface area contributed by atoms with Crippen molar-refractivity contribution < 1.29 is 9.72 Å². The number of rotatable bonds is 3. The van der Waals surface area contributed by atoms with Gasteiger partial charge < -0.3 is 11.5 Å². The predicted molar refractivity (Wildman–Crippen MR) is 56.4 cm³/mol. The highest BCUT2D eigenvalue weighted by molar-refractivity contribution is 5.98. The molecule has 0 heterocycles. The van der Waals surface area contributed by atoms with Crippen LogP contribution in [-0.4, -0.2) is 16.8 Å². The van der Waals surface area contributed by atoms with Crippen molar-refractivity contribution in [3.05, 3.63) is 39.9 Å². The van der Waals surface area contributed by atoms with Gasteiger partial charge in [0.15, 0.2) is 0 Å². The molecule has 1 rings (SSSR count). The molecular weight excluding hydrogens is 214 g/mol. The summed E-state index contributed by atoms with van der Waals surface area (Å²) in [6.45, 7) is 0. The molecule has 16 heavy (non-hydrogen) atoms. The van der Waals surface area contributed by atoms with Crippen molar-refractivity contribution in [3.8, 4) is 0 Å². The van der Waals surface area contributed by atoms with Gasteiger partial charge in [0.25, 0.3) is 11.6 Å². The number of nitrogens with zero attached hydrogens (tertiary/aromatic N) is 2. The van der Waals surface area contributed by atoms with E-state index in [2.05, 4.69) is 5.10 Å². The Kier molecular flexibility index (Phi) is 3.38. The van der Waals surface area contributed by atoms with Crippen molar-refractivity contribution in [2.75, 3.05) is 0 Å². The van der Waals surface area contributed by atoms with E-state index in [0.29, 0.717) is 0 Å². The number of nitrogens with one attached hydrogen (secondary N) is 1. The Hall–Kier alpha value is -2.64. The van der Waals surface area contributed by atoms with E-state index in [0.717, 1.165) is 0 Å². The largest absolute Gasteiger partial charge is 0.369 e. The summed E-state index contributed by atoms with van der Waals surface area (Å²) >= 11 is 0. The van der Waals surface area contributed by atoms with Gasteiger partial charge in [-0.2, -0.15) is 0 Å². The van der Waals surface area contributed by atoms with Gasteiger partial charge in [0, 0.05) is 6.07 Å². The first-order valence-corrected chi connectivity index (χ1v) is 4.14. The average molecular weight is 223 g/mol. The lowest BCUT2D eigenvalue weighted by Crippen LogP contribution is -2.29. The zero-order valence-corrected chi connectivity index (χ0v) is 8.08. The van der Waals surface area contributed by atoms with Crippen molar-refractivity contribution in [2.45, 2.75) is 0 Å². The summed E-state index contributed by atoms with van der Waals surface area (Å²) in [4.78, 5) is 21.4. The highest BCUT2D eigenvalue weighted by Gasteiger charge is 2.18. The second-order valence-corrected chi connectivity index (χ2v) is 2.75. The minimum Gasteiger partial charge on any atom is -0.369 e. The second kappa shape index (κ2) is 4.73. The van der Waals surface area contributed by atoms with E-state index >= 15 is 0 Å². The van der Waals surface area contributed by atoms with Crippen molar-refractivity contribution in [3.63, 3.8) is 0 Å². The Morgan fingerprint density at radius 3 is 2.56 bits per heavy atom. The first-order valence-electron chi connectivity index (χ1n) is 4.14. The predicted octanol–water partition coefficient (Wildman–Crippen LogP) is -0.487. The Balaban J connectivity index is 2.99. The molecule has 0 atom stereocenters. The van der Waals surface area contributed by atoms with Crippen molar-refractivity contribution in [2.24, 2.45) is 16.6 Å². The van der Waals surface area contributed by atoms with Crippen LogP contribution in [0.4, 0.5) is 5.69 Å². The fourth-order valence-electron chi connectivity index (χ4n) is 1.00. The van der Waals surface area contributed by atoms with Gasteiger partial charge in [-0.1, -0.05) is 12.1 Å². The molecule has 0 aromatic heterocycles. The van der Waals surface area contributed by atoms with Crippen LogP contribution in [0.25, 0.3) is 0 Å². The summed E-state index contributed by atoms with van der Waals surface area (Å²) in [5, 5.41) is 13.9. The molecule has 8 heteroatoms. The number of guanidine groups is 1. The number of nitrogens with two attached hydrogens (primary N) is 2. The maximum absolute atomic E-state index is 11.4. The van der Waals surface area contributed by atoms with E-state index in [1.54, 1.807) is 0 Å². The summed E-state index contributed by atoms with van der Waals surface area (Å²) in [6, 6.07) is 5.47. The van der Waals surface area contributed by atoms with E-state index in [1.165, 1.54) is 24.3 Å². The number of amides is 1. The molecule has 0 aliphatic rings. The maximum atomic E-state index is 11.4. The molecule has 0 fully saturated rings. The van der Waals surface area contributed by atoms with Crippen LogP contribution < -0.4 is 16.9 Å². The number of carbonyl (C=O) groups excluding carboxylic acids is 1. The molecule has 1 aromatic rings. The van der Waals surface area contributed by atoms with Gasteiger partial charge in [0.1, 0.15) is 5.56 Å². The van der Waals surface area contributed by atoms with Crippen LogP contribution in [0.2, 0.25) is 0 Å². The van der Waals surface area contributed by atoms with Crippen LogP contribution in [0.3, 0.4) is 0 Å². The lowest BCUT2D eigenvalue weighted by molar-refractivity contribution is -0.385. The van der Waals surface area contributed by atoms with Gasteiger partial charge in [-0.25, -0.2) is 5.43 Å². The normalized spacial score (nSPS) is 9.25. The molecule has 8 nitrogen and oxygen atoms in total. The minimum atomic E-state index is -0.749. The number of hydrogen-bond donors (Lipinski definition) is 3. The van der Waals surface area contributed by atoms with Gasteiger partial charge in [-0.15, -0.1) is 5.10 Å². The third-order valence-corrected chi connectivity index (χ3v) is 1.63. The number of carbonyl (C=O) groups is 1. The minimum absolute atomic E-state index is 0.113. The second-order valence-electron chi connectivity index (χ2n) is 2.75. The smallest absolute Gasteiger partial charge is 0.282 e. The average Bonchev–Trinajstić information content (AvgIpc) is 2.25. The molecule has 84 valence electrons. The molecule has 0 saturated carbocycles. The number of nitro groups is 1. The van der Waals surface area contributed by atoms with Gasteiger partial charge in [0.05, 0.1) is 4.92 Å². The van der Waals surface area contributed by atoms with Crippen LogP contribution >= 0.6 is 0 Å². The topological polar surface area (TPSA) is 137 Å². The van der Waals surface area contributed by atoms with Gasteiger partial charge >= 0.3 is 0 Å². The fraction of sp³-hybridized carbons (Fsp3) is 0. The third-order valence-electron chi connectivity index (χ3n) is 1.63. The lowest BCUT2D eigenvalue weighted by Gasteiger charge is -2.00. The van der Waals surface area contributed by atoms with Crippen LogP contribution in [0.1, 0.15) is 10.4 Å². The third kappa shape index (κ3) is 2.67. The van der Waals surface area contributed by atoms with Crippen molar-refractivity contribution >= 4 is 17.6 Å². The highest BCUT2D eigenvalue weighted by atomic mass is 16.6. The summed E-state index contributed by atoms with van der Waals surface area (Å²) in [6.07, 6.45) is 0. The van der Waals surface area contributed by atoms with Crippen LogP contribution in [-0.2, 0) is 0 Å². The molecule has 1 aromatic carbocycles. The Morgan fingerprint density at radius 2 is 2.00 bits per heavy atom. The first-order chi connectivity index (χ1) is 7.52. The van der Waals surface area contributed by atoms with Crippen molar-refractivity contribution in [1.29, 1.82) is 0 Å². The number of hydrazone groups is 1. The number of benzene rings is 1. The lowest BCUT2D eigenvalue weighted by atomic mass is 10.2. The standard InChI is InChI=1S/C8H9N5O3/c9-8(10)12-11-7(14)5-3-1-2-4-6(5)13(15)16/h1-4H,(H,11,14)(H4,9,10,12). The van der Waals surface area contributed by atoms with Gasteiger partial charge in [-0.3, -0.25) is 14.9 Å². The molecule has 0 spiro atoms. The van der Waals surface area contributed by atoms with Crippen molar-refractivity contribution in [1.82, 2.24) is 5.43 Å². The van der Waals surface area contributed by atoms with E-state index in [9.17, 15) is 14.9 Å². The summed E-state index contributed by atoms with van der Waals surface area (Å²) in [7, 11) is 0. The number of nitro benzene ring substituents is 1. The SMILES string of the molecule is NC(N)=NNC(=O)c1ccccc1[N+](=O)[O-]. The summed E-state index contributed by atoms with van der Waals surface area (Å²) in [5.41, 5.74) is 11.6. The molecule has 0 radical (unpaired) electrons. The molecule has 0 unspecified atom stereocenters. The van der Waals surface area contributed by atoms with Crippen LogP contribution in [0.15, 0.2) is 29.4 Å². The Bertz CT molecular complexity index is 453. The summed E-state index contributed by atoms with van der Waals surface area (Å²) in [5.74, 6) is -1.09. The summed E-state index contributed by atoms with van der Waals surface area (Å²) < 4.78 is 0. The molecule has 5 N–H and O–H groups in total.